The predicted molar refractivity (Wildman–Crippen MR) is 232 cm³/mol. The molecule has 65 heavy (non-hydrogen) atoms. The highest BCUT2D eigenvalue weighted by Gasteiger charge is 2.56. The minimum Gasteiger partial charge on any atom is -0.452 e. The van der Waals surface area contributed by atoms with Crippen LogP contribution in [0, 0.1) is 0 Å². The van der Waals surface area contributed by atoms with Gasteiger partial charge in [-0.1, -0.05) is 115 Å². The van der Waals surface area contributed by atoms with Gasteiger partial charge in [-0.15, -0.1) is 0 Å². The third-order valence-corrected chi connectivity index (χ3v) is 11.2. The van der Waals surface area contributed by atoms with Gasteiger partial charge in [0.05, 0.1) is 43.1 Å². The fraction of sp³-hybridized carbons (Fsp3) is 0.353. The molecule has 0 N–H and O–H groups in total. The molecule has 0 spiro atoms. The molecule has 3 aliphatic heterocycles. The van der Waals surface area contributed by atoms with Gasteiger partial charge in [-0.25, -0.2) is 14.4 Å². The number of ether oxygens (including phenoxy) is 11. The Balaban J connectivity index is 1.13. The van der Waals surface area contributed by atoms with Crippen LogP contribution < -0.4 is 0 Å². The molecule has 3 fully saturated rings. The van der Waals surface area contributed by atoms with Crippen LogP contribution in [0.3, 0.4) is 0 Å². The highest BCUT2D eigenvalue weighted by molar-refractivity contribution is 5.91. The van der Waals surface area contributed by atoms with Crippen LogP contribution in [0.5, 0.6) is 0 Å². The second-order valence-corrected chi connectivity index (χ2v) is 16.2. The molecule has 0 unspecified atom stereocenters. The van der Waals surface area contributed by atoms with Crippen molar-refractivity contribution in [1.29, 1.82) is 0 Å². The fourth-order valence-electron chi connectivity index (χ4n) is 7.95. The van der Waals surface area contributed by atoms with E-state index in [-0.39, 0.29) is 43.1 Å². The maximum atomic E-state index is 14.0. The molecule has 8 rings (SSSR count). The van der Waals surface area contributed by atoms with Crippen LogP contribution in [0.4, 0.5) is 0 Å². The molecule has 14 heteroatoms. The van der Waals surface area contributed by atoms with Crippen molar-refractivity contribution in [2.45, 2.75) is 94.3 Å². The maximum Gasteiger partial charge on any atom is 0.338 e. The number of hydrogen-bond donors (Lipinski definition) is 0. The molecule has 0 radical (unpaired) electrons. The fourth-order valence-corrected chi connectivity index (χ4v) is 7.95. The third-order valence-electron chi connectivity index (χ3n) is 11.2. The Kier molecular flexibility index (Phi) is 15.1. The molecule has 14 nitrogen and oxygen atoms in total. The van der Waals surface area contributed by atoms with Crippen LogP contribution in [0.1, 0.15) is 56.0 Å². The van der Waals surface area contributed by atoms with Crippen LogP contribution in [0.2, 0.25) is 0 Å². The van der Waals surface area contributed by atoms with E-state index in [0.717, 1.165) is 11.1 Å². The first-order chi connectivity index (χ1) is 31.7. The van der Waals surface area contributed by atoms with E-state index in [0.29, 0.717) is 0 Å². The van der Waals surface area contributed by atoms with E-state index in [1.807, 2.05) is 74.5 Å². The minimum atomic E-state index is -1.48. The first-order valence-corrected chi connectivity index (χ1v) is 21.5. The summed E-state index contributed by atoms with van der Waals surface area (Å²) in [6, 6.07) is 44.2. The van der Waals surface area contributed by atoms with Crippen molar-refractivity contribution >= 4 is 17.9 Å². The molecule has 3 saturated heterocycles. The lowest BCUT2D eigenvalue weighted by Crippen LogP contribution is -2.63. The van der Waals surface area contributed by atoms with Gasteiger partial charge in [-0.2, -0.15) is 0 Å². The lowest BCUT2D eigenvalue weighted by atomic mass is 9.97. The van der Waals surface area contributed by atoms with Gasteiger partial charge < -0.3 is 52.1 Å². The number of hydrogen-bond acceptors (Lipinski definition) is 14. The van der Waals surface area contributed by atoms with E-state index in [1.54, 1.807) is 91.0 Å². The Morgan fingerprint density at radius 1 is 0.523 bits per heavy atom. The highest BCUT2D eigenvalue weighted by atomic mass is 16.8. The van der Waals surface area contributed by atoms with Crippen LogP contribution in [-0.4, -0.2) is 105 Å². The number of benzene rings is 5. The van der Waals surface area contributed by atoms with Gasteiger partial charge in [-0.3, -0.25) is 0 Å². The Bertz CT molecular complexity index is 2280. The molecule has 5 aromatic rings. The Hall–Kier alpha value is -5.81. The lowest BCUT2D eigenvalue weighted by molar-refractivity contribution is -0.303. The van der Waals surface area contributed by atoms with E-state index >= 15 is 0 Å². The van der Waals surface area contributed by atoms with Gasteiger partial charge in [0.25, 0.3) is 0 Å². The molecular weight excluding hydrogens is 837 g/mol. The number of rotatable bonds is 17. The molecule has 3 aliphatic rings. The van der Waals surface area contributed by atoms with E-state index < -0.39 is 85.1 Å². The summed E-state index contributed by atoms with van der Waals surface area (Å²) in [5.74, 6) is -3.17. The van der Waals surface area contributed by atoms with Crippen molar-refractivity contribution in [2.75, 3.05) is 20.3 Å². The number of esters is 3. The molecule has 0 bridgehead atoms. The zero-order valence-corrected chi connectivity index (χ0v) is 36.3. The summed E-state index contributed by atoms with van der Waals surface area (Å²) in [6.45, 7) is 3.97. The summed E-state index contributed by atoms with van der Waals surface area (Å²) in [5, 5.41) is 0. The van der Waals surface area contributed by atoms with Crippen molar-refractivity contribution in [2.24, 2.45) is 0 Å². The molecule has 5 aromatic carbocycles. The zero-order chi connectivity index (χ0) is 45.2. The number of carbonyl (C=O) groups is 3. The van der Waals surface area contributed by atoms with Crippen molar-refractivity contribution in [3.05, 3.63) is 179 Å². The average molecular weight is 889 g/mol. The summed E-state index contributed by atoms with van der Waals surface area (Å²) < 4.78 is 69.8. The molecule has 10 atom stereocenters. The van der Waals surface area contributed by atoms with Crippen LogP contribution in [0.15, 0.2) is 152 Å². The van der Waals surface area contributed by atoms with Gasteiger partial charge in [0.1, 0.15) is 30.5 Å². The second-order valence-electron chi connectivity index (χ2n) is 16.2. The minimum absolute atomic E-state index is 0.190. The molecule has 340 valence electrons. The molecule has 0 saturated carbocycles. The molecule has 3 heterocycles. The van der Waals surface area contributed by atoms with Crippen LogP contribution >= 0.6 is 0 Å². The van der Waals surface area contributed by atoms with Gasteiger partial charge in [-0.05, 0) is 61.4 Å². The first kappa shape index (κ1) is 45.7. The topological polar surface area (TPSA) is 153 Å². The highest BCUT2D eigenvalue weighted by Crippen LogP contribution is 2.38. The number of methoxy groups -OCH3 is 1. The average Bonchev–Trinajstić information content (AvgIpc) is 3.89. The predicted octanol–water partition coefficient (Wildman–Crippen LogP) is 7.10. The molecule has 0 aliphatic carbocycles. The van der Waals surface area contributed by atoms with E-state index in [2.05, 4.69) is 0 Å². The van der Waals surface area contributed by atoms with Gasteiger partial charge in [0.15, 0.2) is 36.7 Å². The lowest BCUT2D eigenvalue weighted by Gasteiger charge is -2.44. The van der Waals surface area contributed by atoms with Crippen molar-refractivity contribution in [1.82, 2.24) is 0 Å². The quantitative estimate of drug-likeness (QED) is 0.0689. The van der Waals surface area contributed by atoms with E-state index in [4.69, 9.17) is 52.1 Å². The standard InChI is InChI=1S/C51H52O14/c1-51(2)59-32-39(65-51)41-42(56-29-33-19-9-4-10-20-33)44(57-30-34-21-11-5-12-22-34)50(64-41)58-31-38-40(61-46(52)35-23-13-6-14-24-35)43(62-47(53)36-25-15-7-16-26-36)45(49(55-3)60-38)63-48(54)37-27-17-8-18-28-37/h4-28,38-45,49-50H,29-32H2,1-3H3/t38-,39-,40-,41+,42+,43+,44-,45-,49+,50+/m1/s1. The van der Waals surface area contributed by atoms with Gasteiger partial charge in [0.2, 0.25) is 0 Å². The van der Waals surface area contributed by atoms with E-state index in [1.165, 1.54) is 7.11 Å². The first-order valence-electron chi connectivity index (χ1n) is 21.5. The SMILES string of the molecule is CO[C@H]1O[C@H](CO[C@H]2O[C@@H]([C@H]3COC(C)(C)O3)[C@H](OCc3ccccc3)[C@H]2OCc2ccccc2)[C@@H](OC(=O)c2ccccc2)[C@H](OC(=O)c2ccccc2)[C@H]1OC(=O)c1ccccc1. The van der Waals surface area contributed by atoms with Crippen LogP contribution in [0.25, 0.3) is 0 Å². The van der Waals surface area contributed by atoms with Crippen molar-refractivity contribution < 1.29 is 66.5 Å². The molecular formula is C51H52O14. The largest absolute Gasteiger partial charge is 0.452 e. The van der Waals surface area contributed by atoms with Gasteiger partial charge >= 0.3 is 17.9 Å². The zero-order valence-electron chi connectivity index (χ0n) is 36.3. The van der Waals surface area contributed by atoms with Crippen LogP contribution in [-0.2, 0) is 65.3 Å². The summed E-state index contributed by atoms with van der Waals surface area (Å²) in [6.07, 6.45) is -10.9. The third kappa shape index (κ3) is 11.5. The smallest absolute Gasteiger partial charge is 0.338 e. The van der Waals surface area contributed by atoms with Gasteiger partial charge in [0, 0.05) is 7.11 Å². The molecule has 0 amide bonds. The Morgan fingerprint density at radius 2 is 0.969 bits per heavy atom. The summed E-state index contributed by atoms with van der Waals surface area (Å²) in [4.78, 5) is 41.6. The van der Waals surface area contributed by atoms with Crippen molar-refractivity contribution in [3.63, 3.8) is 0 Å². The maximum absolute atomic E-state index is 14.0. The normalized spacial score (nSPS) is 27.1. The summed E-state index contributed by atoms with van der Waals surface area (Å²) in [5.41, 5.74) is 2.47. The van der Waals surface area contributed by atoms with Crippen molar-refractivity contribution in [3.8, 4) is 0 Å². The summed E-state index contributed by atoms with van der Waals surface area (Å²) in [7, 11) is 1.36. The monoisotopic (exact) mass is 888 g/mol. The summed E-state index contributed by atoms with van der Waals surface area (Å²) >= 11 is 0. The molecule has 0 aromatic heterocycles. The van der Waals surface area contributed by atoms with E-state index in [9.17, 15) is 14.4 Å². The second kappa shape index (κ2) is 21.5. The number of carbonyl (C=O) groups excluding carboxylic acids is 3. The Labute approximate surface area is 377 Å². The Morgan fingerprint density at radius 3 is 1.43 bits per heavy atom.